The van der Waals surface area contributed by atoms with Crippen LogP contribution in [0.15, 0.2) is 12.7 Å². The van der Waals surface area contributed by atoms with Crippen molar-refractivity contribution in [3.05, 3.63) is 12.7 Å². The predicted octanol–water partition coefficient (Wildman–Crippen LogP) is 1.83. The number of rotatable bonds is 4. The van der Waals surface area contributed by atoms with E-state index < -0.39 is 0 Å². The maximum atomic E-state index is 5.52. The summed E-state index contributed by atoms with van der Waals surface area (Å²) in [4.78, 5) is 12.4. The molecule has 0 fully saturated rings. The van der Waals surface area contributed by atoms with Crippen LogP contribution in [0.3, 0.4) is 0 Å². The van der Waals surface area contributed by atoms with Gasteiger partial charge in [0.1, 0.15) is 6.33 Å². The summed E-state index contributed by atoms with van der Waals surface area (Å²) in [5.74, 6) is 1.49. The molecule has 0 saturated carbocycles. The molecule has 0 spiro atoms. The molecule has 0 aromatic carbocycles. The van der Waals surface area contributed by atoms with E-state index in [-0.39, 0.29) is 0 Å². The van der Waals surface area contributed by atoms with E-state index in [1.165, 1.54) is 6.33 Å². The quantitative estimate of drug-likeness (QED) is 0.630. The fraction of sp³-hybridized carbons (Fsp3) is 0.375. The summed E-state index contributed by atoms with van der Waals surface area (Å²) >= 11 is 2.24. The molecule has 0 aliphatic rings. The molecule has 0 aliphatic carbocycles. The van der Waals surface area contributed by atoms with Gasteiger partial charge in [-0.1, -0.05) is 8.93 Å². The zero-order valence-corrected chi connectivity index (χ0v) is 11.0. The number of aryl methyl sites for hydroxylation is 1. The molecule has 2 aromatic heterocycles. The molecule has 2 heterocycles. The Balaban J connectivity index is 2.26. The molecule has 0 unspecified atom stereocenters. The van der Waals surface area contributed by atoms with Gasteiger partial charge in [-0.05, 0) is 21.2 Å². The van der Waals surface area contributed by atoms with Gasteiger partial charge in [-0.3, -0.25) is 0 Å². The Morgan fingerprint density at radius 3 is 3.13 bits per heavy atom. The van der Waals surface area contributed by atoms with Crippen molar-refractivity contribution in [2.75, 3.05) is 12.4 Å². The van der Waals surface area contributed by atoms with Crippen LogP contribution in [0.25, 0.3) is 11.2 Å². The predicted molar refractivity (Wildman–Crippen MR) is 68.3 cm³/mol. The Morgan fingerprint density at radius 2 is 2.33 bits per heavy atom. The van der Waals surface area contributed by atoms with Gasteiger partial charge in [0.05, 0.1) is 12.9 Å². The van der Waals surface area contributed by atoms with Crippen LogP contribution >= 0.6 is 30.1 Å². The number of aromatic nitrogens is 4. The number of hydrogen-bond donors (Lipinski definition) is 0. The highest BCUT2D eigenvalue weighted by molar-refractivity contribution is 14.2. The summed E-state index contributed by atoms with van der Waals surface area (Å²) < 4.78 is 7.36. The van der Waals surface area contributed by atoms with Crippen LogP contribution in [-0.2, 0) is 7.05 Å². The Hall–Kier alpha value is -0.570. The molecule has 0 N–H and O–H groups in total. The molecule has 0 radical (unpaired) electrons. The highest BCUT2D eigenvalue weighted by atomic mass is 127. The first kappa shape index (κ1) is 10.9. The van der Waals surface area contributed by atoms with Gasteiger partial charge in [-0.25, -0.2) is 9.97 Å². The lowest BCUT2D eigenvalue weighted by atomic mass is 10.5. The van der Waals surface area contributed by atoms with E-state index in [0.717, 1.165) is 16.9 Å². The number of fused-ring (bicyclic) bond motifs is 1. The second kappa shape index (κ2) is 4.97. The van der Waals surface area contributed by atoms with Gasteiger partial charge < -0.3 is 9.30 Å². The van der Waals surface area contributed by atoms with Crippen LogP contribution in [0.5, 0.6) is 5.88 Å². The Kier molecular flexibility index (Phi) is 3.62. The number of imidazole rings is 1. The van der Waals surface area contributed by atoms with Gasteiger partial charge in [0.2, 0.25) is 5.88 Å². The first-order valence-corrected chi connectivity index (χ1v) is 7.84. The van der Waals surface area contributed by atoms with E-state index in [0.29, 0.717) is 12.5 Å². The first-order valence-electron chi connectivity index (χ1n) is 4.31. The summed E-state index contributed by atoms with van der Waals surface area (Å²) in [6.45, 7) is 0.635. The minimum absolute atomic E-state index is 0.561. The van der Waals surface area contributed by atoms with E-state index in [1.807, 2.05) is 11.6 Å². The lowest BCUT2D eigenvalue weighted by Gasteiger charge is -2.03. The minimum atomic E-state index is 0.561. The van der Waals surface area contributed by atoms with Crippen LogP contribution < -0.4 is 4.74 Å². The molecule has 0 saturated heterocycles. The van der Waals surface area contributed by atoms with Gasteiger partial charge in [0, 0.05) is 12.8 Å². The summed E-state index contributed by atoms with van der Waals surface area (Å²) in [7, 11) is 3.60. The van der Waals surface area contributed by atoms with E-state index in [4.69, 9.17) is 4.74 Å². The van der Waals surface area contributed by atoms with Crippen molar-refractivity contribution in [2.24, 2.45) is 7.05 Å². The van der Waals surface area contributed by atoms with Crippen LogP contribution in [0.1, 0.15) is 0 Å². The van der Waals surface area contributed by atoms with E-state index in [9.17, 15) is 0 Å². The molecule has 80 valence electrons. The van der Waals surface area contributed by atoms with E-state index >= 15 is 0 Å². The second-order valence-electron chi connectivity index (χ2n) is 2.87. The van der Waals surface area contributed by atoms with Crippen molar-refractivity contribution in [3.8, 4) is 5.88 Å². The normalized spacial score (nSPS) is 10.8. The zero-order chi connectivity index (χ0) is 10.7. The van der Waals surface area contributed by atoms with Crippen LogP contribution in [-0.4, -0.2) is 31.9 Å². The Bertz CT molecular complexity index is 461. The minimum Gasteiger partial charge on any atom is -0.475 e. The molecule has 15 heavy (non-hydrogen) atoms. The maximum absolute atomic E-state index is 5.52. The van der Waals surface area contributed by atoms with Gasteiger partial charge in [0.15, 0.2) is 11.2 Å². The number of halogens is 1. The monoisotopic (exact) mass is 336 g/mol. The number of hydrogen-bond acceptors (Lipinski definition) is 5. The van der Waals surface area contributed by atoms with Crippen molar-refractivity contribution in [2.45, 2.75) is 0 Å². The second-order valence-corrected chi connectivity index (χ2v) is 5.36. The largest absolute Gasteiger partial charge is 0.475 e. The summed E-state index contributed by atoms with van der Waals surface area (Å²) in [6, 6.07) is 0. The molecule has 0 amide bonds. The highest BCUT2D eigenvalue weighted by Gasteiger charge is 2.08. The lowest BCUT2D eigenvalue weighted by molar-refractivity contribution is 0.334. The van der Waals surface area contributed by atoms with Crippen molar-refractivity contribution >= 4 is 41.3 Å². The summed E-state index contributed by atoms with van der Waals surface area (Å²) in [6.07, 6.45) is 3.20. The molecular weight excluding hydrogens is 327 g/mol. The third-order valence-corrected chi connectivity index (χ3v) is 3.50. The van der Waals surface area contributed by atoms with Crippen molar-refractivity contribution in [3.63, 3.8) is 0 Å². The van der Waals surface area contributed by atoms with Crippen molar-refractivity contribution in [1.29, 1.82) is 0 Å². The molecule has 0 aliphatic heterocycles. The molecule has 2 aromatic rings. The Labute approximate surface area is 103 Å². The topological polar surface area (TPSA) is 52.8 Å². The average Bonchev–Trinajstić information content (AvgIpc) is 2.62. The van der Waals surface area contributed by atoms with Gasteiger partial charge >= 0.3 is 0 Å². The third-order valence-electron chi connectivity index (χ3n) is 1.86. The van der Waals surface area contributed by atoms with Crippen molar-refractivity contribution in [1.82, 2.24) is 19.5 Å². The standard InChI is InChI=1S/C8H9IN4OS/c1-13-5-12-6-7(13)10-4-11-8(6)14-2-3-15-9/h4-5H,2-3H2,1H3. The molecule has 2 rings (SSSR count). The van der Waals surface area contributed by atoms with Crippen LogP contribution in [0.2, 0.25) is 0 Å². The number of ether oxygens (including phenoxy) is 1. The zero-order valence-electron chi connectivity index (χ0n) is 8.05. The molecule has 0 atom stereocenters. The maximum Gasteiger partial charge on any atom is 0.245 e. The van der Waals surface area contributed by atoms with E-state index in [1.54, 1.807) is 15.3 Å². The average molecular weight is 336 g/mol. The Morgan fingerprint density at radius 1 is 1.47 bits per heavy atom. The summed E-state index contributed by atoms with van der Waals surface area (Å²) in [5, 5.41) is 0. The molecule has 5 nitrogen and oxygen atoms in total. The lowest BCUT2D eigenvalue weighted by Crippen LogP contribution is -2.02. The molecule has 7 heteroatoms. The van der Waals surface area contributed by atoms with Gasteiger partial charge in [-0.15, -0.1) is 0 Å². The van der Waals surface area contributed by atoms with Crippen LogP contribution in [0.4, 0.5) is 0 Å². The van der Waals surface area contributed by atoms with Gasteiger partial charge in [-0.2, -0.15) is 4.98 Å². The smallest absolute Gasteiger partial charge is 0.245 e. The fourth-order valence-electron chi connectivity index (χ4n) is 1.20. The van der Waals surface area contributed by atoms with Gasteiger partial charge in [0.25, 0.3) is 0 Å². The fourth-order valence-corrected chi connectivity index (χ4v) is 1.89. The molecule has 0 bridgehead atoms. The molecular formula is C8H9IN4OS. The third kappa shape index (κ3) is 2.33. The van der Waals surface area contributed by atoms with Crippen LogP contribution in [0, 0.1) is 0 Å². The highest BCUT2D eigenvalue weighted by Crippen LogP contribution is 2.19. The van der Waals surface area contributed by atoms with Crippen molar-refractivity contribution < 1.29 is 4.74 Å². The first-order chi connectivity index (χ1) is 7.33. The van der Waals surface area contributed by atoms with E-state index in [2.05, 4.69) is 36.2 Å². The SMILES string of the molecule is Cn1cnc2c(OCCSI)ncnc21. The number of nitrogens with zero attached hydrogens (tertiary/aromatic N) is 4. The summed E-state index contributed by atoms with van der Waals surface area (Å²) in [5.41, 5.74) is 1.51.